The third kappa shape index (κ3) is 5.92. The average molecular weight is 237 g/mol. The highest BCUT2D eigenvalue weighted by molar-refractivity contribution is 5.11. The van der Waals surface area contributed by atoms with E-state index in [0.29, 0.717) is 11.8 Å². The van der Waals surface area contributed by atoms with Crippen LogP contribution in [0.3, 0.4) is 0 Å². The largest absolute Gasteiger partial charge is 0.494 e. The van der Waals surface area contributed by atoms with E-state index in [9.17, 15) is 0 Å². The molecule has 0 aromatic heterocycles. The van der Waals surface area contributed by atoms with Gasteiger partial charge in [-0.1, -0.05) is 33.3 Å². The molecule has 1 aliphatic heterocycles. The highest BCUT2D eigenvalue weighted by Gasteiger charge is 2.11. The highest BCUT2D eigenvalue weighted by Crippen LogP contribution is 2.17. The van der Waals surface area contributed by atoms with Crippen molar-refractivity contribution in [3.8, 4) is 0 Å². The maximum Gasteiger partial charge on any atom is 0.117 e. The summed E-state index contributed by atoms with van der Waals surface area (Å²) in [7, 11) is 0. The maximum atomic E-state index is 5.60. The molecule has 0 aromatic carbocycles. The van der Waals surface area contributed by atoms with Gasteiger partial charge in [-0.15, -0.1) is 0 Å². The van der Waals surface area contributed by atoms with Gasteiger partial charge in [0.15, 0.2) is 0 Å². The summed E-state index contributed by atoms with van der Waals surface area (Å²) in [5, 5.41) is 3.51. The Kier molecular flexibility index (Phi) is 6.35. The molecule has 0 aromatic rings. The molecule has 0 bridgehead atoms. The van der Waals surface area contributed by atoms with Crippen molar-refractivity contribution in [3.05, 3.63) is 24.0 Å². The Hall–Kier alpha value is -0.760. The van der Waals surface area contributed by atoms with E-state index in [-0.39, 0.29) is 6.10 Å². The second-order valence-electron chi connectivity index (χ2n) is 5.54. The number of hydrogen-bond acceptors (Lipinski definition) is 2. The van der Waals surface area contributed by atoms with Crippen molar-refractivity contribution < 1.29 is 4.74 Å². The first-order valence-electron chi connectivity index (χ1n) is 6.81. The molecule has 1 aliphatic rings. The summed E-state index contributed by atoms with van der Waals surface area (Å²) in [5.74, 6) is 1.29. The van der Waals surface area contributed by atoms with E-state index in [1.54, 1.807) is 0 Å². The Morgan fingerprint density at radius 1 is 1.41 bits per heavy atom. The summed E-state index contributed by atoms with van der Waals surface area (Å²) in [5.41, 5.74) is 1.46. The van der Waals surface area contributed by atoms with Gasteiger partial charge in [0, 0.05) is 6.54 Å². The van der Waals surface area contributed by atoms with E-state index in [1.165, 1.54) is 5.57 Å². The summed E-state index contributed by atoms with van der Waals surface area (Å²) in [4.78, 5) is 0. The van der Waals surface area contributed by atoms with Crippen molar-refractivity contribution in [1.29, 1.82) is 0 Å². The molecular weight excluding hydrogens is 210 g/mol. The van der Waals surface area contributed by atoms with Crippen LogP contribution in [0.1, 0.15) is 40.5 Å². The Morgan fingerprint density at radius 3 is 2.71 bits per heavy atom. The first-order chi connectivity index (χ1) is 8.09. The summed E-state index contributed by atoms with van der Waals surface area (Å²) in [6.07, 6.45) is 8.75. The van der Waals surface area contributed by atoms with E-state index in [1.807, 2.05) is 6.26 Å². The first kappa shape index (κ1) is 14.3. The predicted octanol–water partition coefficient (Wildman–Crippen LogP) is 3.51. The zero-order valence-electron chi connectivity index (χ0n) is 11.7. The monoisotopic (exact) mass is 237 g/mol. The van der Waals surface area contributed by atoms with Gasteiger partial charge in [0.1, 0.15) is 6.10 Å². The molecular formula is C15H27NO. The summed E-state index contributed by atoms with van der Waals surface area (Å²) >= 11 is 0. The molecule has 2 nitrogen and oxygen atoms in total. The van der Waals surface area contributed by atoms with Gasteiger partial charge in [-0.2, -0.15) is 0 Å². The number of hydrogen-bond donors (Lipinski definition) is 1. The molecule has 17 heavy (non-hydrogen) atoms. The first-order valence-corrected chi connectivity index (χ1v) is 6.81. The van der Waals surface area contributed by atoms with Crippen LogP contribution >= 0.6 is 0 Å². The maximum absolute atomic E-state index is 5.60. The molecule has 0 saturated heterocycles. The van der Waals surface area contributed by atoms with Crippen molar-refractivity contribution in [2.45, 2.75) is 46.6 Å². The van der Waals surface area contributed by atoms with Crippen LogP contribution in [0.2, 0.25) is 0 Å². The topological polar surface area (TPSA) is 21.3 Å². The molecule has 0 fully saturated rings. The van der Waals surface area contributed by atoms with Crippen molar-refractivity contribution in [1.82, 2.24) is 5.32 Å². The SMILES string of the molecule is CC(C)CNCC(=CC1CCC=CO1)C(C)C. The lowest BCUT2D eigenvalue weighted by molar-refractivity contribution is 0.164. The molecule has 1 heterocycles. The summed E-state index contributed by atoms with van der Waals surface area (Å²) in [6.45, 7) is 11.0. The Morgan fingerprint density at radius 2 is 2.18 bits per heavy atom. The van der Waals surface area contributed by atoms with Gasteiger partial charge in [0.05, 0.1) is 6.26 Å². The Bertz CT molecular complexity index is 266. The molecule has 1 atom stereocenters. The molecule has 0 saturated carbocycles. The molecule has 0 radical (unpaired) electrons. The van der Waals surface area contributed by atoms with Gasteiger partial charge in [-0.25, -0.2) is 0 Å². The van der Waals surface area contributed by atoms with Crippen LogP contribution in [0.5, 0.6) is 0 Å². The molecule has 2 heteroatoms. The number of rotatable bonds is 6. The number of allylic oxidation sites excluding steroid dienone is 1. The quantitative estimate of drug-likeness (QED) is 0.714. The standard InChI is InChI=1S/C15H27NO/c1-12(2)10-16-11-14(13(3)4)9-15-7-5-6-8-17-15/h6,8-9,12-13,15-16H,5,7,10-11H2,1-4H3. The molecule has 1 rings (SSSR count). The van der Waals surface area contributed by atoms with Gasteiger partial charge < -0.3 is 10.1 Å². The zero-order valence-corrected chi connectivity index (χ0v) is 11.7. The average Bonchev–Trinajstić information content (AvgIpc) is 2.28. The zero-order chi connectivity index (χ0) is 12.7. The van der Waals surface area contributed by atoms with Crippen LogP contribution in [0.25, 0.3) is 0 Å². The lowest BCUT2D eigenvalue weighted by Crippen LogP contribution is -2.25. The Balaban J connectivity index is 2.46. The minimum absolute atomic E-state index is 0.276. The van der Waals surface area contributed by atoms with Crippen molar-refractivity contribution in [2.24, 2.45) is 11.8 Å². The van der Waals surface area contributed by atoms with E-state index in [0.717, 1.165) is 25.9 Å². The van der Waals surface area contributed by atoms with Crippen LogP contribution in [0, 0.1) is 11.8 Å². The van der Waals surface area contributed by atoms with Crippen LogP contribution < -0.4 is 5.32 Å². The van der Waals surface area contributed by atoms with Crippen LogP contribution in [0.15, 0.2) is 24.0 Å². The minimum atomic E-state index is 0.276. The van der Waals surface area contributed by atoms with Gasteiger partial charge in [-0.05, 0) is 43.4 Å². The number of nitrogens with one attached hydrogen (secondary N) is 1. The fraction of sp³-hybridized carbons (Fsp3) is 0.733. The Labute approximate surface area is 106 Å². The third-order valence-electron chi connectivity index (χ3n) is 2.99. The third-order valence-corrected chi connectivity index (χ3v) is 2.99. The second kappa shape index (κ2) is 7.54. The highest BCUT2D eigenvalue weighted by atomic mass is 16.5. The number of ether oxygens (including phenoxy) is 1. The molecule has 1 N–H and O–H groups in total. The van der Waals surface area contributed by atoms with Crippen molar-refractivity contribution in [3.63, 3.8) is 0 Å². The van der Waals surface area contributed by atoms with Crippen LogP contribution in [-0.4, -0.2) is 19.2 Å². The second-order valence-corrected chi connectivity index (χ2v) is 5.54. The molecule has 1 unspecified atom stereocenters. The summed E-state index contributed by atoms with van der Waals surface area (Å²) < 4.78 is 5.60. The minimum Gasteiger partial charge on any atom is -0.494 e. The van der Waals surface area contributed by atoms with Gasteiger partial charge in [0.25, 0.3) is 0 Å². The van der Waals surface area contributed by atoms with E-state index >= 15 is 0 Å². The normalized spacial score (nSPS) is 21.1. The molecule has 0 amide bonds. The van der Waals surface area contributed by atoms with E-state index in [4.69, 9.17) is 4.74 Å². The van der Waals surface area contributed by atoms with Crippen LogP contribution in [0.4, 0.5) is 0 Å². The molecule has 0 spiro atoms. The summed E-state index contributed by atoms with van der Waals surface area (Å²) in [6, 6.07) is 0. The fourth-order valence-corrected chi connectivity index (χ4v) is 1.88. The lowest BCUT2D eigenvalue weighted by Gasteiger charge is -2.20. The lowest BCUT2D eigenvalue weighted by atomic mass is 9.99. The van der Waals surface area contributed by atoms with Crippen molar-refractivity contribution >= 4 is 0 Å². The van der Waals surface area contributed by atoms with E-state index < -0.39 is 0 Å². The molecule has 0 aliphatic carbocycles. The van der Waals surface area contributed by atoms with Crippen molar-refractivity contribution in [2.75, 3.05) is 13.1 Å². The van der Waals surface area contributed by atoms with Gasteiger partial charge in [0.2, 0.25) is 0 Å². The predicted molar refractivity (Wildman–Crippen MR) is 73.9 cm³/mol. The molecule has 98 valence electrons. The van der Waals surface area contributed by atoms with E-state index in [2.05, 4.69) is 45.2 Å². The van der Waals surface area contributed by atoms with Gasteiger partial charge >= 0.3 is 0 Å². The smallest absolute Gasteiger partial charge is 0.117 e. The fourth-order valence-electron chi connectivity index (χ4n) is 1.88. The van der Waals surface area contributed by atoms with Crippen LogP contribution in [-0.2, 0) is 4.74 Å². The van der Waals surface area contributed by atoms with Gasteiger partial charge in [-0.3, -0.25) is 0 Å².